The Kier molecular flexibility index (Phi) is 4.59. The van der Waals surface area contributed by atoms with Crippen molar-refractivity contribution in [2.75, 3.05) is 7.11 Å². The largest absolute Gasteiger partial charge is 0.507 e. The summed E-state index contributed by atoms with van der Waals surface area (Å²) in [7, 11) is 1.47. The number of rotatable bonds is 4. The monoisotopic (exact) mass is 355 g/mol. The number of phenols is 1. The van der Waals surface area contributed by atoms with Gasteiger partial charge in [0.2, 0.25) is 0 Å². The van der Waals surface area contributed by atoms with E-state index in [2.05, 4.69) is 0 Å². The van der Waals surface area contributed by atoms with Gasteiger partial charge in [0.05, 0.1) is 12.7 Å². The zero-order valence-corrected chi connectivity index (χ0v) is 14.0. The molecule has 0 atom stereocenters. The average molecular weight is 356 g/mol. The number of pyridine rings is 1. The highest BCUT2D eigenvalue weighted by Gasteiger charge is 2.15. The van der Waals surface area contributed by atoms with Crippen LogP contribution in [0.3, 0.4) is 0 Å². The Morgan fingerprint density at radius 1 is 1.08 bits per heavy atom. The van der Waals surface area contributed by atoms with Crippen molar-refractivity contribution in [3.8, 4) is 17.2 Å². The van der Waals surface area contributed by atoms with Gasteiger partial charge in [-0.1, -0.05) is 11.6 Å². The lowest BCUT2D eigenvalue weighted by Gasteiger charge is -2.09. The molecule has 0 radical (unpaired) electrons. The normalized spacial score (nSPS) is 10.5. The van der Waals surface area contributed by atoms with Crippen LogP contribution in [0.15, 0.2) is 65.6 Å². The lowest BCUT2D eigenvalue weighted by Crippen LogP contribution is -2.18. The Morgan fingerprint density at radius 2 is 1.80 bits per heavy atom. The van der Waals surface area contributed by atoms with Gasteiger partial charge in [0.15, 0.2) is 5.78 Å². The molecule has 25 heavy (non-hydrogen) atoms. The smallest absolute Gasteiger partial charge is 0.255 e. The minimum absolute atomic E-state index is 0.127. The lowest BCUT2D eigenvalue weighted by molar-refractivity contribution is 0.103. The second-order valence-electron chi connectivity index (χ2n) is 5.31. The fraction of sp³-hybridized carbons (Fsp3) is 0.0526. The van der Waals surface area contributed by atoms with Crippen molar-refractivity contribution in [2.24, 2.45) is 0 Å². The number of methoxy groups -OCH3 is 1. The van der Waals surface area contributed by atoms with Crippen LogP contribution in [0.4, 0.5) is 0 Å². The fourth-order valence-corrected chi connectivity index (χ4v) is 2.54. The molecule has 1 heterocycles. The molecule has 6 heteroatoms. The maximum absolute atomic E-state index is 12.7. The summed E-state index contributed by atoms with van der Waals surface area (Å²) in [6.45, 7) is 0. The highest BCUT2D eigenvalue weighted by molar-refractivity contribution is 6.30. The molecular formula is C19H14ClNO4. The molecule has 0 saturated carbocycles. The van der Waals surface area contributed by atoms with E-state index < -0.39 is 5.78 Å². The predicted molar refractivity (Wildman–Crippen MR) is 95.1 cm³/mol. The Bertz CT molecular complexity index is 993. The summed E-state index contributed by atoms with van der Waals surface area (Å²) in [6.07, 6.45) is 1.44. The fourth-order valence-electron chi connectivity index (χ4n) is 2.41. The van der Waals surface area contributed by atoms with E-state index in [0.29, 0.717) is 16.5 Å². The Morgan fingerprint density at radius 3 is 2.44 bits per heavy atom. The molecule has 0 aliphatic carbocycles. The molecule has 2 aromatic carbocycles. The summed E-state index contributed by atoms with van der Waals surface area (Å²) in [6, 6.07) is 13.9. The van der Waals surface area contributed by atoms with E-state index in [4.69, 9.17) is 16.3 Å². The summed E-state index contributed by atoms with van der Waals surface area (Å²) >= 11 is 5.86. The molecular weight excluding hydrogens is 342 g/mol. The van der Waals surface area contributed by atoms with Crippen LogP contribution in [0.1, 0.15) is 15.9 Å². The third-order valence-corrected chi connectivity index (χ3v) is 3.98. The third-order valence-electron chi connectivity index (χ3n) is 3.73. The van der Waals surface area contributed by atoms with Crippen molar-refractivity contribution in [1.82, 2.24) is 4.57 Å². The van der Waals surface area contributed by atoms with Crippen molar-refractivity contribution < 1.29 is 14.6 Å². The maximum atomic E-state index is 12.7. The number of halogens is 1. The van der Waals surface area contributed by atoms with Gasteiger partial charge in [-0.25, -0.2) is 0 Å². The number of carbonyl (C=O) groups excluding carboxylic acids is 1. The predicted octanol–water partition coefficient (Wildman–Crippen LogP) is 3.44. The van der Waals surface area contributed by atoms with Crippen LogP contribution in [0.25, 0.3) is 5.69 Å². The first-order valence-corrected chi connectivity index (χ1v) is 7.78. The summed E-state index contributed by atoms with van der Waals surface area (Å²) in [5.41, 5.74) is 0.706. The first-order valence-electron chi connectivity index (χ1n) is 7.40. The molecule has 0 amide bonds. The molecule has 0 aliphatic rings. The van der Waals surface area contributed by atoms with Gasteiger partial charge in [0, 0.05) is 34.6 Å². The third kappa shape index (κ3) is 3.41. The standard InChI is InChI=1S/C19H14ClNO4/c1-25-15-7-8-16(17(22)10-15)19(24)12-2-9-18(23)21(11-12)14-5-3-13(20)4-6-14/h2-11,22H,1H3. The van der Waals surface area contributed by atoms with Crippen LogP contribution in [-0.4, -0.2) is 22.6 Å². The van der Waals surface area contributed by atoms with Crippen LogP contribution in [0, 0.1) is 0 Å². The van der Waals surface area contributed by atoms with Crippen molar-refractivity contribution in [3.63, 3.8) is 0 Å². The molecule has 0 saturated heterocycles. The maximum Gasteiger partial charge on any atom is 0.255 e. The molecule has 3 rings (SSSR count). The zero-order chi connectivity index (χ0) is 18.0. The topological polar surface area (TPSA) is 68.5 Å². The molecule has 0 bridgehead atoms. The highest BCUT2D eigenvalue weighted by atomic mass is 35.5. The van der Waals surface area contributed by atoms with Crippen LogP contribution in [-0.2, 0) is 0 Å². The van der Waals surface area contributed by atoms with E-state index >= 15 is 0 Å². The Hall–Kier alpha value is -3.05. The Balaban J connectivity index is 2.03. The summed E-state index contributed by atoms with van der Waals surface area (Å²) in [5, 5.41) is 10.6. The number of hydrogen-bond donors (Lipinski definition) is 1. The second-order valence-corrected chi connectivity index (χ2v) is 5.75. The molecule has 3 aromatic rings. The van der Waals surface area contributed by atoms with Gasteiger partial charge < -0.3 is 9.84 Å². The molecule has 0 aliphatic heterocycles. The minimum atomic E-state index is -0.400. The summed E-state index contributed by atoms with van der Waals surface area (Å²) in [4.78, 5) is 24.8. The van der Waals surface area contributed by atoms with E-state index in [0.717, 1.165) is 0 Å². The number of ketones is 1. The Labute approximate surface area is 148 Å². The molecule has 0 fully saturated rings. The van der Waals surface area contributed by atoms with Gasteiger partial charge in [-0.15, -0.1) is 0 Å². The second kappa shape index (κ2) is 6.83. The number of nitrogens with zero attached hydrogens (tertiary/aromatic N) is 1. The van der Waals surface area contributed by atoms with E-state index in [1.54, 1.807) is 30.3 Å². The number of phenolic OH excluding ortho intramolecular Hbond substituents is 1. The summed E-state index contributed by atoms with van der Waals surface area (Å²) < 4.78 is 6.36. The van der Waals surface area contributed by atoms with Gasteiger partial charge in [-0.3, -0.25) is 14.2 Å². The van der Waals surface area contributed by atoms with Crippen LogP contribution in [0.5, 0.6) is 11.5 Å². The van der Waals surface area contributed by atoms with Gasteiger partial charge in [-0.2, -0.15) is 0 Å². The quantitative estimate of drug-likeness (QED) is 0.728. The van der Waals surface area contributed by atoms with Crippen LogP contribution < -0.4 is 10.3 Å². The van der Waals surface area contributed by atoms with Gasteiger partial charge in [-0.05, 0) is 42.5 Å². The molecule has 1 N–H and O–H groups in total. The van der Waals surface area contributed by atoms with Gasteiger partial charge >= 0.3 is 0 Å². The molecule has 0 spiro atoms. The van der Waals surface area contributed by atoms with Gasteiger partial charge in [0.1, 0.15) is 11.5 Å². The van der Waals surface area contributed by atoms with E-state index in [9.17, 15) is 14.7 Å². The first kappa shape index (κ1) is 16.8. The molecule has 0 unspecified atom stereocenters. The molecule has 5 nitrogen and oxygen atoms in total. The van der Waals surface area contributed by atoms with Gasteiger partial charge in [0.25, 0.3) is 5.56 Å². The van der Waals surface area contributed by atoms with Crippen LogP contribution in [0.2, 0.25) is 5.02 Å². The van der Waals surface area contributed by atoms with Crippen molar-refractivity contribution >= 4 is 17.4 Å². The number of aromatic hydroxyl groups is 1. The van der Waals surface area contributed by atoms with Crippen molar-refractivity contribution in [3.05, 3.63) is 87.3 Å². The van der Waals surface area contributed by atoms with Crippen LogP contribution >= 0.6 is 11.6 Å². The van der Waals surface area contributed by atoms with E-state index in [1.165, 1.54) is 42.1 Å². The number of aromatic nitrogens is 1. The number of benzene rings is 2. The minimum Gasteiger partial charge on any atom is -0.507 e. The SMILES string of the molecule is COc1ccc(C(=O)c2ccc(=O)n(-c3ccc(Cl)cc3)c2)c(O)c1. The lowest BCUT2D eigenvalue weighted by atomic mass is 10.0. The van der Waals surface area contributed by atoms with E-state index in [1.807, 2.05) is 0 Å². The zero-order valence-electron chi connectivity index (χ0n) is 13.3. The highest BCUT2D eigenvalue weighted by Crippen LogP contribution is 2.25. The first-order chi connectivity index (χ1) is 12.0. The molecule has 1 aromatic heterocycles. The number of carbonyl (C=O) groups is 1. The van der Waals surface area contributed by atoms with Crippen molar-refractivity contribution in [1.29, 1.82) is 0 Å². The number of hydrogen-bond acceptors (Lipinski definition) is 4. The summed E-state index contributed by atoms with van der Waals surface area (Å²) in [5.74, 6) is -0.142. The van der Waals surface area contributed by atoms with E-state index in [-0.39, 0.29) is 22.4 Å². The average Bonchev–Trinajstić information content (AvgIpc) is 2.62. The molecule has 126 valence electrons. The number of ether oxygens (including phenoxy) is 1. The van der Waals surface area contributed by atoms with Crippen molar-refractivity contribution in [2.45, 2.75) is 0 Å².